The van der Waals surface area contributed by atoms with Gasteiger partial charge in [-0.3, -0.25) is 4.79 Å². The third-order valence-electron chi connectivity index (χ3n) is 3.21. The summed E-state index contributed by atoms with van der Waals surface area (Å²) in [6.07, 6.45) is 3.76. The summed E-state index contributed by atoms with van der Waals surface area (Å²) in [4.78, 5) is 18.3. The lowest BCUT2D eigenvalue weighted by Crippen LogP contribution is -2.16. The fourth-order valence-corrected chi connectivity index (χ4v) is 3.23. The Balaban J connectivity index is 1.90. The molecular weight excluding hydrogens is 258 g/mol. The highest BCUT2D eigenvalue weighted by atomic mass is 32.1. The van der Waals surface area contributed by atoms with Crippen LogP contribution in [0.25, 0.3) is 10.2 Å². The molecule has 1 aromatic heterocycles. The molecule has 0 bridgehead atoms. The van der Waals surface area contributed by atoms with Crippen LogP contribution in [-0.4, -0.2) is 24.0 Å². The number of fused-ring (bicyclic) bond motifs is 1. The quantitative estimate of drug-likeness (QED) is 0.874. The number of nitrogens with one attached hydrogen (secondary N) is 1. The van der Waals surface area contributed by atoms with Crippen molar-refractivity contribution in [2.24, 2.45) is 0 Å². The summed E-state index contributed by atoms with van der Waals surface area (Å²) in [5.41, 5.74) is 1.70. The largest absolute Gasteiger partial charge is 0.348 e. The first-order chi connectivity index (χ1) is 9.26. The first-order valence-electron chi connectivity index (χ1n) is 6.35. The molecule has 0 radical (unpaired) electrons. The van der Waals surface area contributed by atoms with Crippen LogP contribution in [0.15, 0.2) is 30.9 Å². The lowest BCUT2D eigenvalue weighted by molar-refractivity contribution is -0.111. The highest BCUT2D eigenvalue weighted by Crippen LogP contribution is 2.32. The van der Waals surface area contributed by atoms with Crippen LogP contribution >= 0.6 is 11.3 Å². The smallest absolute Gasteiger partial charge is 0.247 e. The van der Waals surface area contributed by atoms with Crippen molar-refractivity contribution in [3.63, 3.8) is 0 Å². The molecule has 98 valence electrons. The van der Waals surface area contributed by atoms with Gasteiger partial charge in [-0.15, -0.1) is 0 Å². The number of aromatic nitrogens is 1. The molecule has 3 rings (SSSR count). The van der Waals surface area contributed by atoms with Gasteiger partial charge >= 0.3 is 0 Å². The van der Waals surface area contributed by atoms with Crippen LogP contribution in [0.4, 0.5) is 10.8 Å². The number of rotatable bonds is 3. The Morgan fingerprint density at radius 2 is 2.21 bits per heavy atom. The predicted molar refractivity (Wildman–Crippen MR) is 79.9 cm³/mol. The Labute approximate surface area is 115 Å². The molecule has 1 amide bonds. The molecule has 1 aromatic carbocycles. The zero-order valence-corrected chi connectivity index (χ0v) is 11.4. The molecule has 2 aromatic rings. The Morgan fingerprint density at radius 3 is 2.95 bits per heavy atom. The summed E-state index contributed by atoms with van der Waals surface area (Å²) in [5, 5.41) is 3.84. The second kappa shape index (κ2) is 5.01. The summed E-state index contributed by atoms with van der Waals surface area (Å²) < 4.78 is 1.15. The first-order valence-corrected chi connectivity index (χ1v) is 7.17. The van der Waals surface area contributed by atoms with Gasteiger partial charge in [-0.25, -0.2) is 4.98 Å². The molecular formula is C14H15N3OS. The van der Waals surface area contributed by atoms with E-state index in [1.807, 2.05) is 18.2 Å². The SMILES string of the molecule is C=CC(=O)Nc1ccc2sc(N3CCCC3)nc2c1. The van der Waals surface area contributed by atoms with Crippen LogP contribution < -0.4 is 10.2 Å². The zero-order chi connectivity index (χ0) is 13.2. The van der Waals surface area contributed by atoms with Gasteiger partial charge in [0.15, 0.2) is 5.13 Å². The Kier molecular flexibility index (Phi) is 3.21. The van der Waals surface area contributed by atoms with Crippen molar-refractivity contribution in [1.82, 2.24) is 4.98 Å². The molecule has 1 fully saturated rings. The molecule has 1 N–H and O–H groups in total. The lowest BCUT2D eigenvalue weighted by Gasteiger charge is -2.11. The van der Waals surface area contributed by atoms with Crippen molar-refractivity contribution in [1.29, 1.82) is 0 Å². The van der Waals surface area contributed by atoms with Crippen LogP contribution in [-0.2, 0) is 4.79 Å². The average Bonchev–Trinajstić information content (AvgIpc) is 3.06. The van der Waals surface area contributed by atoms with E-state index in [4.69, 9.17) is 0 Å². The van der Waals surface area contributed by atoms with Gasteiger partial charge in [-0.05, 0) is 37.1 Å². The van der Waals surface area contributed by atoms with Crippen LogP contribution in [0.2, 0.25) is 0 Å². The Morgan fingerprint density at radius 1 is 1.42 bits per heavy atom. The number of anilines is 2. The highest BCUT2D eigenvalue weighted by Gasteiger charge is 2.16. The number of hydrogen-bond donors (Lipinski definition) is 1. The van der Waals surface area contributed by atoms with E-state index in [1.54, 1.807) is 11.3 Å². The summed E-state index contributed by atoms with van der Waals surface area (Å²) in [6.45, 7) is 5.64. The van der Waals surface area contributed by atoms with Crippen LogP contribution in [0, 0.1) is 0 Å². The van der Waals surface area contributed by atoms with Crippen LogP contribution in [0.5, 0.6) is 0 Å². The van der Waals surface area contributed by atoms with Crippen molar-refractivity contribution < 1.29 is 4.79 Å². The van der Waals surface area contributed by atoms with E-state index in [0.29, 0.717) is 0 Å². The summed E-state index contributed by atoms with van der Waals surface area (Å²) >= 11 is 1.71. The van der Waals surface area contributed by atoms with Crippen LogP contribution in [0.3, 0.4) is 0 Å². The summed E-state index contributed by atoms with van der Waals surface area (Å²) in [5.74, 6) is -0.200. The molecule has 19 heavy (non-hydrogen) atoms. The van der Waals surface area contributed by atoms with E-state index in [2.05, 4.69) is 21.8 Å². The average molecular weight is 273 g/mol. The van der Waals surface area contributed by atoms with E-state index >= 15 is 0 Å². The maximum Gasteiger partial charge on any atom is 0.247 e. The summed E-state index contributed by atoms with van der Waals surface area (Å²) in [7, 11) is 0. The third-order valence-corrected chi connectivity index (χ3v) is 4.30. The van der Waals surface area contributed by atoms with E-state index in [1.165, 1.54) is 18.9 Å². The molecule has 0 aliphatic carbocycles. The highest BCUT2D eigenvalue weighted by molar-refractivity contribution is 7.22. The van der Waals surface area contributed by atoms with Gasteiger partial charge in [-0.2, -0.15) is 0 Å². The van der Waals surface area contributed by atoms with Crippen molar-refractivity contribution in [2.75, 3.05) is 23.3 Å². The van der Waals surface area contributed by atoms with Gasteiger partial charge in [0.1, 0.15) is 0 Å². The molecule has 5 heteroatoms. The standard InChI is InChI=1S/C14H15N3OS/c1-2-13(18)15-10-5-6-12-11(9-10)16-14(19-12)17-7-3-4-8-17/h2,5-6,9H,1,3-4,7-8H2,(H,15,18). The first kappa shape index (κ1) is 12.2. The van der Waals surface area contributed by atoms with Crippen molar-refractivity contribution >= 4 is 38.3 Å². The number of nitrogens with zero attached hydrogens (tertiary/aromatic N) is 2. The fraction of sp³-hybridized carbons (Fsp3) is 0.286. The molecule has 1 aliphatic heterocycles. The van der Waals surface area contributed by atoms with Crippen molar-refractivity contribution in [3.8, 4) is 0 Å². The van der Waals surface area contributed by atoms with E-state index in [9.17, 15) is 4.79 Å². The van der Waals surface area contributed by atoms with Gasteiger partial charge in [0.2, 0.25) is 5.91 Å². The van der Waals surface area contributed by atoms with Gasteiger partial charge in [0, 0.05) is 18.8 Å². The minimum Gasteiger partial charge on any atom is -0.348 e. The van der Waals surface area contributed by atoms with E-state index in [-0.39, 0.29) is 5.91 Å². The zero-order valence-electron chi connectivity index (χ0n) is 10.6. The third kappa shape index (κ3) is 2.46. The molecule has 0 spiro atoms. The topological polar surface area (TPSA) is 45.2 Å². The Hall–Kier alpha value is -1.88. The molecule has 1 aliphatic rings. The number of carbonyl (C=O) groups is 1. The number of benzene rings is 1. The number of carbonyl (C=O) groups excluding carboxylic acids is 1. The van der Waals surface area contributed by atoms with Crippen molar-refractivity contribution in [3.05, 3.63) is 30.9 Å². The minimum absolute atomic E-state index is 0.200. The Bertz CT molecular complexity index is 629. The molecule has 2 heterocycles. The lowest BCUT2D eigenvalue weighted by atomic mass is 10.3. The number of amides is 1. The van der Waals surface area contributed by atoms with Crippen molar-refractivity contribution in [2.45, 2.75) is 12.8 Å². The van der Waals surface area contributed by atoms with Gasteiger partial charge in [0.25, 0.3) is 0 Å². The fourth-order valence-electron chi connectivity index (χ4n) is 2.23. The molecule has 4 nitrogen and oxygen atoms in total. The number of thiazole rings is 1. The maximum absolute atomic E-state index is 11.3. The van der Waals surface area contributed by atoms with Crippen LogP contribution in [0.1, 0.15) is 12.8 Å². The van der Waals surface area contributed by atoms with E-state index in [0.717, 1.165) is 34.1 Å². The number of hydrogen-bond acceptors (Lipinski definition) is 4. The second-order valence-electron chi connectivity index (χ2n) is 4.57. The molecule has 0 saturated carbocycles. The second-order valence-corrected chi connectivity index (χ2v) is 5.58. The monoisotopic (exact) mass is 273 g/mol. The predicted octanol–water partition coefficient (Wildman–Crippen LogP) is 3.02. The minimum atomic E-state index is -0.200. The normalized spacial score (nSPS) is 14.8. The maximum atomic E-state index is 11.3. The molecule has 1 saturated heterocycles. The van der Waals surface area contributed by atoms with Gasteiger partial charge in [0.05, 0.1) is 10.2 Å². The molecule has 0 atom stereocenters. The summed E-state index contributed by atoms with van der Waals surface area (Å²) in [6, 6.07) is 5.81. The van der Waals surface area contributed by atoms with Gasteiger partial charge < -0.3 is 10.2 Å². The van der Waals surface area contributed by atoms with E-state index < -0.39 is 0 Å². The molecule has 0 unspecified atom stereocenters. The van der Waals surface area contributed by atoms with Gasteiger partial charge in [-0.1, -0.05) is 17.9 Å².